The van der Waals surface area contributed by atoms with Crippen LogP contribution >= 0.6 is 0 Å². The molecule has 21 heavy (non-hydrogen) atoms. The van der Waals surface area contributed by atoms with Crippen LogP contribution in [0.3, 0.4) is 0 Å². The topological polar surface area (TPSA) is 51.2 Å². The standard InChI is InChI=1S/C17H18O3S/c1-12-4-5-13(2)16(10-12)11-21(19,20)17-8-6-15(7-9-17)14(3)18/h4-10H,11H2,1-3H3. The van der Waals surface area contributed by atoms with Crippen LogP contribution in [0.4, 0.5) is 0 Å². The second kappa shape index (κ2) is 5.82. The number of hydrogen-bond acceptors (Lipinski definition) is 3. The van der Waals surface area contributed by atoms with E-state index in [1.165, 1.54) is 19.1 Å². The smallest absolute Gasteiger partial charge is 0.182 e. The molecule has 4 heteroatoms. The van der Waals surface area contributed by atoms with Gasteiger partial charge in [-0.25, -0.2) is 8.42 Å². The Kier molecular flexibility index (Phi) is 4.28. The van der Waals surface area contributed by atoms with Crippen LogP contribution in [0.1, 0.15) is 34.0 Å². The molecule has 0 saturated carbocycles. The van der Waals surface area contributed by atoms with Crippen LogP contribution in [0.25, 0.3) is 0 Å². The van der Waals surface area contributed by atoms with Gasteiger partial charge in [-0.2, -0.15) is 0 Å². The first-order chi connectivity index (χ1) is 9.79. The molecule has 0 radical (unpaired) electrons. The fourth-order valence-corrected chi connectivity index (χ4v) is 3.58. The van der Waals surface area contributed by atoms with E-state index in [4.69, 9.17) is 0 Å². The first-order valence-corrected chi connectivity index (χ1v) is 8.35. The lowest BCUT2D eigenvalue weighted by molar-refractivity contribution is 0.101. The second-order valence-corrected chi connectivity index (χ2v) is 7.26. The minimum absolute atomic E-state index is 0.0278. The van der Waals surface area contributed by atoms with Crippen molar-refractivity contribution in [3.8, 4) is 0 Å². The van der Waals surface area contributed by atoms with Crippen molar-refractivity contribution >= 4 is 15.6 Å². The molecule has 0 saturated heterocycles. The van der Waals surface area contributed by atoms with Crippen molar-refractivity contribution in [1.82, 2.24) is 0 Å². The fraction of sp³-hybridized carbons (Fsp3) is 0.235. The third-order valence-electron chi connectivity index (χ3n) is 3.47. The maximum absolute atomic E-state index is 12.5. The van der Waals surface area contributed by atoms with Gasteiger partial charge in [-0.15, -0.1) is 0 Å². The van der Waals surface area contributed by atoms with Crippen LogP contribution in [0.5, 0.6) is 0 Å². The van der Waals surface area contributed by atoms with Crippen LogP contribution in [-0.2, 0) is 15.6 Å². The molecular weight excluding hydrogens is 284 g/mol. The van der Waals surface area contributed by atoms with Gasteiger partial charge >= 0.3 is 0 Å². The molecule has 0 aliphatic heterocycles. The van der Waals surface area contributed by atoms with E-state index in [1.54, 1.807) is 12.1 Å². The Labute approximate surface area is 125 Å². The van der Waals surface area contributed by atoms with E-state index < -0.39 is 9.84 Å². The summed E-state index contributed by atoms with van der Waals surface area (Å²) in [5, 5.41) is 0. The van der Waals surface area contributed by atoms with Gasteiger partial charge in [0.1, 0.15) is 0 Å². The molecular formula is C17H18O3S. The summed E-state index contributed by atoms with van der Waals surface area (Å²) >= 11 is 0. The molecule has 0 heterocycles. The second-order valence-electron chi connectivity index (χ2n) is 5.27. The minimum atomic E-state index is -3.41. The molecule has 0 amide bonds. The van der Waals surface area contributed by atoms with Gasteiger partial charge in [-0.3, -0.25) is 4.79 Å². The highest BCUT2D eigenvalue weighted by atomic mass is 32.2. The van der Waals surface area contributed by atoms with Crippen LogP contribution in [0, 0.1) is 13.8 Å². The van der Waals surface area contributed by atoms with Crippen molar-refractivity contribution in [2.24, 2.45) is 0 Å². The number of carbonyl (C=O) groups is 1. The zero-order valence-electron chi connectivity index (χ0n) is 12.4. The Hall–Kier alpha value is -1.94. The summed E-state index contributed by atoms with van der Waals surface area (Å²) in [7, 11) is -3.41. The van der Waals surface area contributed by atoms with Gasteiger partial charge in [0.2, 0.25) is 0 Å². The van der Waals surface area contributed by atoms with Crippen molar-refractivity contribution in [2.45, 2.75) is 31.4 Å². The van der Waals surface area contributed by atoms with E-state index in [-0.39, 0.29) is 16.4 Å². The molecule has 0 aliphatic rings. The summed E-state index contributed by atoms with van der Waals surface area (Å²) in [5.41, 5.74) is 3.33. The van der Waals surface area contributed by atoms with Crippen molar-refractivity contribution in [1.29, 1.82) is 0 Å². The largest absolute Gasteiger partial charge is 0.295 e. The van der Waals surface area contributed by atoms with Gasteiger partial charge in [0.25, 0.3) is 0 Å². The van der Waals surface area contributed by atoms with Crippen LogP contribution in [0.2, 0.25) is 0 Å². The number of carbonyl (C=O) groups excluding carboxylic acids is 1. The van der Waals surface area contributed by atoms with Crippen LogP contribution < -0.4 is 0 Å². The van der Waals surface area contributed by atoms with Crippen molar-refractivity contribution in [3.05, 3.63) is 64.7 Å². The zero-order valence-corrected chi connectivity index (χ0v) is 13.2. The molecule has 0 N–H and O–H groups in total. The van der Waals surface area contributed by atoms with Crippen molar-refractivity contribution in [3.63, 3.8) is 0 Å². The molecule has 2 aromatic rings. The number of rotatable bonds is 4. The van der Waals surface area contributed by atoms with Gasteiger partial charge in [-0.05, 0) is 44.0 Å². The van der Waals surface area contributed by atoms with Gasteiger partial charge < -0.3 is 0 Å². The molecule has 110 valence electrons. The first-order valence-electron chi connectivity index (χ1n) is 6.69. The molecule has 0 bridgehead atoms. The number of Topliss-reactive ketones (excluding diaryl/α,β-unsaturated/α-hetero) is 1. The van der Waals surface area contributed by atoms with Crippen molar-refractivity contribution < 1.29 is 13.2 Å². The highest BCUT2D eigenvalue weighted by molar-refractivity contribution is 7.90. The lowest BCUT2D eigenvalue weighted by Gasteiger charge is -2.09. The monoisotopic (exact) mass is 302 g/mol. The predicted molar refractivity (Wildman–Crippen MR) is 83.3 cm³/mol. The quantitative estimate of drug-likeness (QED) is 0.812. The molecule has 0 fully saturated rings. The van der Waals surface area contributed by atoms with E-state index in [2.05, 4.69) is 0 Å². The molecule has 2 aromatic carbocycles. The average molecular weight is 302 g/mol. The predicted octanol–water partition coefficient (Wildman–Crippen LogP) is 3.48. The zero-order chi connectivity index (χ0) is 15.6. The van der Waals surface area contributed by atoms with Gasteiger partial charge in [0.05, 0.1) is 10.6 Å². The highest BCUT2D eigenvalue weighted by Crippen LogP contribution is 2.20. The first kappa shape index (κ1) is 15.4. The number of aryl methyl sites for hydroxylation is 2. The van der Waals surface area contributed by atoms with Crippen LogP contribution in [0.15, 0.2) is 47.4 Å². The summed E-state index contributed by atoms with van der Waals surface area (Å²) in [4.78, 5) is 11.5. The average Bonchev–Trinajstić information content (AvgIpc) is 2.43. The highest BCUT2D eigenvalue weighted by Gasteiger charge is 2.17. The minimum Gasteiger partial charge on any atom is -0.295 e. The van der Waals surface area contributed by atoms with E-state index in [9.17, 15) is 13.2 Å². The Morgan fingerprint density at radius 1 is 1.00 bits per heavy atom. The Balaban J connectivity index is 2.34. The van der Waals surface area contributed by atoms with Crippen LogP contribution in [-0.4, -0.2) is 14.2 Å². The fourth-order valence-electron chi connectivity index (χ4n) is 2.14. The van der Waals surface area contributed by atoms with Gasteiger partial charge in [0, 0.05) is 5.56 Å². The Morgan fingerprint density at radius 2 is 1.62 bits per heavy atom. The summed E-state index contributed by atoms with van der Waals surface area (Å²) < 4.78 is 24.9. The number of hydrogen-bond donors (Lipinski definition) is 0. The Bertz CT molecular complexity index is 772. The third-order valence-corrected chi connectivity index (χ3v) is 5.15. The van der Waals surface area contributed by atoms with E-state index in [0.29, 0.717) is 5.56 Å². The summed E-state index contributed by atoms with van der Waals surface area (Å²) in [5.74, 6) is -0.103. The summed E-state index contributed by atoms with van der Waals surface area (Å²) in [6, 6.07) is 11.9. The van der Waals surface area contributed by atoms with E-state index in [1.807, 2.05) is 32.0 Å². The maximum Gasteiger partial charge on any atom is 0.182 e. The van der Waals surface area contributed by atoms with Gasteiger partial charge in [-0.1, -0.05) is 35.9 Å². The Morgan fingerprint density at radius 3 is 2.19 bits per heavy atom. The molecule has 0 atom stereocenters. The van der Waals surface area contributed by atoms with Gasteiger partial charge in [0.15, 0.2) is 15.6 Å². The third kappa shape index (κ3) is 3.58. The SMILES string of the molecule is CC(=O)c1ccc(S(=O)(=O)Cc2cc(C)ccc2C)cc1. The lowest BCUT2D eigenvalue weighted by atomic mass is 10.1. The molecule has 0 spiro atoms. The molecule has 0 aromatic heterocycles. The van der Waals surface area contributed by atoms with E-state index >= 15 is 0 Å². The molecule has 3 nitrogen and oxygen atoms in total. The number of ketones is 1. The molecule has 0 aliphatic carbocycles. The molecule has 0 unspecified atom stereocenters. The molecule has 2 rings (SSSR count). The summed E-state index contributed by atoms with van der Waals surface area (Å²) in [6.45, 7) is 5.31. The number of benzene rings is 2. The van der Waals surface area contributed by atoms with E-state index in [0.717, 1.165) is 16.7 Å². The van der Waals surface area contributed by atoms with Crippen molar-refractivity contribution in [2.75, 3.05) is 0 Å². The lowest BCUT2D eigenvalue weighted by Crippen LogP contribution is -2.07. The number of sulfone groups is 1. The maximum atomic E-state index is 12.5. The summed E-state index contributed by atoms with van der Waals surface area (Å²) in [6.07, 6.45) is 0. The normalized spacial score (nSPS) is 11.4.